The first-order chi connectivity index (χ1) is 11.0. The average Bonchev–Trinajstić information content (AvgIpc) is 3.38. The summed E-state index contributed by atoms with van der Waals surface area (Å²) in [7, 11) is 4.66. The zero-order valence-corrected chi connectivity index (χ0v) is 14.3. The molecule has 0 spiro atoms. The summed E-state index contributed by atoms with van der Waals surface area (Å²) in [6.07, 6.45) is 2.48. The first kappa shape index (κ1) is 17.4. The predicted octanol–water partition coefficient (Wildman–Crippen LogP) is 1.50. The van der Waals surface area contributed by atoms with Crippen LogP contribution in [-0.2, 0) is 11.2 Å². The van der Waals surface area contributed by atoms with Crippen LogP contribution in [0.3, 0.4) is 0 Å². The summed E-state index contributed by atoms with van der Waals surface area (Å²) in [5.74, 6) is 2.02. The van der Waals surface area contributed by atoms with Crippen molar-refractivity contribution in [2.24, 2.45) is 11.7 Å². The van der Waals surface area contributed by atoms with E-state index < -0.39 is 0 Å². The van der Waals surface area contributed by atoms with Gasteiger partial charge in [-0.2, -0.15) is 0 Å². The molecule has 0 heterocycles. The second-order valence-corrected chi connectivity index (χ2v) is 6.15. The van der Waals surface area contributed by atoms with Gasteiger partial charge in [0.15, 0.2) is 11.5 Å². The van der Waals surface area contributed by atoms with E-state index in [1.54, 1.807) is 33.5 Å². The van der Waals surface area contributed by atoms with Crippen molar-refractivity contribution in [1.82, 2.24) is 5.32 Å². The van der Waals surface area contributed by atoms with Gasteiger partial charge in [-0.05, 0) is 43.4 Å². The Morgan fingerprint density at radius 2 is 1.78 bits per heavy atom. The summed E-state index contributed by atoms with van der Waals surface area (Å²) in [5, 5.41) is 3.08. The molecule has 23 heavy (non-hydrogen) atoms. The van der Waals surface area contributed by atoms with Crippen LogP contribution in [0.5, 0.6) is 17.2 Å². The third kappa shape index (κ3) is 3.88. The van der Waals surface area contributed by atoms with Gasteiger partial charge in [0.25, 0.3) is 0 Å². The summed E-state index contributed by atoms with van der Waals surface area (Å²) in [5.41, 5.74) is 6.32. The van der Waals surface area contributed by atoms with E-state index in [-0.39, 0.29) is 17.9 Å². The number of carbonyl (C=O) groups is 1. The van der Waals surface area contributed by atoms with E-state index in [4.69, 9.17) is 19.9 Å². The maximum Gasteiger partial charge on any atom is 0.224 e. The van der Waals surface area contributed by atoms with Gasteiger partial charge in [0, 0.05) is 6.54 Å². The van der Waals surface area contributed by atoms with Crippen molar-refractivity contribution in [1.29, 1.82) is 0 Å². The normalized spacial score (nSPS) is 16.4. The first-order valence-electron chi connectivity index (χ1n) is 7.77. The zero-order chi connectivity index (χ0) is 17.0. The molecule has 1 aromatic rings. The summed E-state index contributed by atoms with van der Waals surface area (Å²) < 4.78 is 15.9. The van der Waals surface area contributed by atoms with Crippen LogP contribution in [0.25, 0.3) is 0 Å². The van der Waals surface area contributed by atoms with E-state index in [1.165, 1.54) is 0 Å². The smallest absolute Gasteiger partial charge is 0.224 e. The highest BCUT2D eigenvalue weighted by molar-refractivity contribution is 5.80. The fourth-order valence-corrected chi connectivity index (χ4v) is 2.83. The Balaban J connectivity index is 2.14. The summed E-state index contributed by atoms with van der Waals surface area (Å²) in [6, 6.07) is 3.58. The second kappa shape index (κ2) is 7.08. The number of rotatable bonds is 8. The number of amides is 1. The Morgan fingerprint density at radius 1 is 1.22 bits per heavy atom. The fraction of sp³-hybridized carbons (Fsp3) is 0.588. The van der Waals surface area contributed by atoms with Gasteiger partial charge >= 0.3 is 0 Å². The summed E-state index contributed by atoms with van der Waals surface area (Å²) >= 11 is 0. The van der Waals surface area contributed by atoms with Gasteiger partial charge in [0.1, 0.15) is 0 Å². The largest absolute Gasteiger partial charge is 0.493 e. The Bertz CT molecular complexity index is 547. The summed E-state index contributed by atoms with van der Waals surface area (Å²) in [4.78, 5) is 12.4. The van der Waals surface area contributed by atoms with E-state index in [9.17, 15) is 4.79 Å². The van der Waals surface area contributed by atoms with Crippen molar-refractivity contribution in [2.45, 2.75) is 31.7 Å². The number of ether oxygens (including phenoxy) is 3. The van der Waals surface area contributed by atoms with Crippen LogP contribution in [0.4, 0.5) is 0 Å². The second-order valence-electron chi connectivity index (χ2n) is 6.15. The van der Waals surface area contributed by atoms with Crippen LogP contribution < -0.4 is 25.3 Å². The van der Waals surface area contributed by atoms with Crippen molar-refractivity contribution < 1.29 is 19.0 Å². The Hall–Kier alpha value is -1.95. The highest BCUT2D eigenvalue weighted by atomic mass is 16.5. The lowest BCUT2D eigenvalue weighted by Gasteiger charge is -2.29. The lowest BCUT2D eigenvalue weighted by Crippen LogP contribution is -2.53. The van der Waals surface area contributed by atoms with Gasteiger partial charge < -0.3 is 25.3 Å². The van der Waals surface area contributed by atoms with Gasteiger partial charge in [0.05, 0.1) is 33.3 Å². The maximum atomic E-state index is 12.4. The van der Waals surface area contributed by atoms with Crippen LogP contribution in [-0.4, -0.2) is 39.3 Å². The van der Waals surface area contributed by atoms with E-state index in [0.29, 0.717) is 29.7 Å². The minimum Gasteiger partial charge on any atom is -0.493 e. The molecule has 1 amide bonds. The van der Waals surface area contributed by atoms with Gasteiger partial charge in [-0.25, -0.2) is 0 Å². The van der Waals surface area contributed by atoms with Gasteiger partial charge in [-0.15, -0.1) is 0 Å². The van der Waals surface area contributed by atoms with Crippen LogP contribution in [0, 0.1) is 5.92 Å². The van der Waals surface area contributed by atoms with Crippen molar-refractivity contribution in [3.63, 3.8) is 0 Å². The minimum absolute atomic E-state index is 0.0564. The lowest BCUT2D eigenvalue weighted by molar-refractivity contribution is -0.122. The molecule has 3 N–H and O–H groups in total. The van der Waals surface area contributed by atoms with Crippen LogP contribution in [0.15, 0.2) is 12.1 Å². The number of hydrogen-bond acceptors (Lipinski definition) is 5. The molecule has 6 nitrogen and oxygen atoms in total. The van der Waals surface area contributed by atoms with Crippen LogP contribution in [0.1, 0.15) is 25.3 Å². The number of hydrogen-bond donors (Lipinski definition) is 2. The number of nitrogens with two attached hydrogens (primary N) is 1. The molecule has 0 saturated heterocycles. The van der Waals surface area contributed by atoms with Crippen LogP contribution in [0.2, 0.25) is 0 Å². The lowest BCUT2D eigenvalue weighted by atomic mass is 9.95. The number of carbonyl (C=O) groups excluding carboxylic acids is 1. The van der Waals surface area contributed by atoms with Gasteiger partial charge in [-0.1, -0.05) is 0 Å². The van der Waals surface area contributed by atoms with Crippen molar-refractivity contribution in [3.8, 4) is 17.2 Å². The molecule has 1 saturated carbocycles. The van der Waals surface area contributed by atoms with E-state index >= 15 is 0 Å². The molecular formula is C17H26N2O4. The zero-order valence-electron chi connectivity index (χ0n) is 14.3. The highest BCUT2D eigenvalue weighted by Crippen LogP contribution is 2.40. The third-order valence-electron chi connectivity index (χ3n) is 4.42. The van der Waals surface area contributed by atoms with Gasteiger partial charge in [-0.3, -0.25) is 4.79 Å². The van der Waals surface area contributed by atoms with Crippen molar-refractivity contribution in [3.05, 3.63) is 17.7 Å². The topological polar surface area (TPSA) is 82.8 Å². The molecule has 1 atom stereocenters. The number of benzene rings is 1. The minimum atomic E-state index is -0.322. The molecule has 0 bridgehead atoms. The molecule has 0 aliphatic heterocycles. The fourth-order valence-electron chi connectivity index (χ4n) is 2.83. The van der Waals surface area contributed by atoms with E-state index in [2.05, 4.69) is 5.32 Å². The number of methoxy groups -OCH3 is 3. The summed E-state index contributed by atoms with van der Waals surface area (Å²) in [6.45, 7) is 2.45. The Morgan fingerprint density at radius 3 is 2.17 bits per heavy atom. The standard InChI is InChI=1S/C17H26N2O4/c1-17(10-18,12-5-6-12)19-15(20)9-11-7-13(21-2)16(23-4)14(8-11)22-3/h7-8,12H,5-6,9-10,18H2,1-4H3,(H,19,20). The molecular weight excluding hydrogens is 296 g/mol. The molecule has 1 aliphatic rings. The molecule has 1 fully saturated rings. The molecule has 1 unspecified atom stereocenters. The van der Waals surface area contributed by atoms with Crippen molar-refractivity contribution in [2.75, 3.05) is 27.9 Å². The monoisotopic (exact) mass is 322 g/mol. The molecule has 0 radical (unpaired) electrons. The average molecular weight is 322 g/mol. The Kier molecular flexibility index (Phi) is 5.36. The number of nitrogens with one attached hydrogen (secondary N) is 1. The third-order valence-corrected chi connectivity index (χ3v) is 4.42. The first-order valence-corrected chi connectivity index (χ1v) is 7.77. The van der Waals surface area contributed by atoms with E-state index in [0.717, 1.165) is 18.4 Å². The molecule has 6 heteroatoms. The quantitative estimate of drug-likeness (QED) is 0.758. The van der Waals surface area contributed by atoms with Crippen molar-refractivity contribution >= 4 is 5.91 Å². The van der Waals surface area contributed by atoms with E-state index in [1.807, 2.05) is 6.92 Å². The molecule has 0 aromatic heterocycles. The molecule has 1 aliphatic carbocycles. The Labute approximate surface area is 137 Å². The van der Waals surface area contributed by atoms with Gasteiger partial charge in [0.2, 0.25) is 11.7 Å². The molecule has 2 rings (SSSR count). The highest BCUT2D eigenvalue weighted by Gasteiger charge is 2.41. The molecule has 1 aromatic carbocycles. The maximum absolute atomic E-state index is 12.4. The predicted molar refractivity (Wildman–Crippen MR) is 88.1 cm³/mol. The van der Waals surface area contributed by atoms with Crippen LogP contribution >= 0.6 is 0 Å². The SMILES string of the molecule is COc1cc(CC(=O)NC(C)(CN)C2CC2)cc(OC)c1OC. The molecule has 128 valence electrons.